The van der Waals surface area contributed by atoms with Crippen LogP contribution in [-0.4, -0.2) is 44.0 Å². The van der Waals surface area contributed by atoms with Gasteiger partial charge < -0.3 is 5.32 Å². The molecular weight excluding hydrogens is 266 g/mol. The Hall–Kier alpha value is 0.260. The molecule has 1 aliphatic rings. The molecule has 0 bridgehead atoms. The maximum Gasteiger partial charge on any atom is 0.151 e. The van der Waals surface area contributed by atoms with Crippen LogP contribution in [0.15, 0.2) is 0 Å². The lowest BCUT2D eigenvalue weighted by atomic mass is 9.88. The van der Waals surface area contributed by atoms with Gasteiger partial charge in [-0.2, -0.15) is 11.8 Å². The van der Waals surface area contributed by atoms with E-state index >= 15 is 0 Å². The topological polar surface area (TPSA) is 46.2 Å². The number of rotatable bonds is 8. The van der Waals surface area contributed by atoms with Crippen molar-refractivity contribution >= 4 is 21.6 Å². The van der Waals surface area contributed by atoms with E-state index in [0.29, 0.717) is 17.0 Å². The molecule has 0 amide bonds. The summed E-state index contributed by atoms with van der Waals surface area (Å²) in [5, 5.41) is 3.36. The molecule has 0 aromatic carbocycles. The molecular formula is C13H27NO2S2. The van der Waals surface area contributed by atoms with Crippen molar-refractivity contribution in [1.29, 1.82) is 0 Å². The molecule has 0 unspecified atom stereocenters. The molecule has 1 saturated carbocycles. The van der Waals surface area contributed by atoms with Crippen LogP contribution in [0.4, 0.5) is 0 Å². The Kier molecular flexibility index (Phi) is 7.03. The van der Waals surface area contributed by atoms with Crippen LogP contribution in [-0.2, 0) is 9.84 Å². The van der Waals surface area contributed by atoms with Crippen LogP contribution in [0.2, 0.25) is 0 Å². The van der Waals surface area contributed by atoms with Gasteiger partial charge in [0.05, 0.1) is 5.75 Å². The number of sulfone groups is 1. The summed E-state index contributed by atoms with van der Waals surface area (Å²) >= 11 is 1.95. The Bertz CT molecular complexity index is 322. The van der Waals surface area contributed by atoms with Gasteiger partial charge in [-0.3, -0.25) is 0 Å². The van der Waals surface area contributed by atoms with E-state index < -0.39 is 9.84 Å². The first-order valence-electron chi connectivity index (χ1n) is 7.00. The second kappa shape index (κ2) is 7.75. The van der Waals surface area contributed by atoms with Crippen molar-refractivity contribution in [2.24, 2.45) is 0 Å². The fraction of sp³-hybridized carbons (Fsp3) is 1.00. The Morgan fingerprint density at radius 3 is 2.39 bits per heavy atom. The lowest BCUT2D eigenvalue weighted by Crippen LogP contribution is -2.40. The summed E-state index contributed by atoms with van der Waals surface area (Å²) < 4.78 is 23.5. The smallest absolute Gasteiger partial charge is 0.151 e. The highest BCUT2D eigenvalue weighted by molar-refractivity contribution is 8.00. The predicted octanol–water partition coefficient (Wildman–Crippen LogP) is 2.47. The average Bonchev–Trinajstić information content (AvgIpc) is 2.36. The van der Waals surface area contributed by atoms with Gasteiger partial charge in [-0.25, -0.2) is 8.42 Å². The van der Waals surface area contributed by atoms with E-state index in [1.807, 2.05) is 18.7 Å². The van der Waals surface area contributed by atoms with Gasteiger partial charge in [-0.15, -0.1) is 0 Å². The zero-order valence-corrected chi connectivity index (χ0v) is 13.3. The third kappa shape index (κ3) is 5.49. The molecule has 3 nitrogen and oxygen atoms in total. The van der Waals surface area contributed by atoms with Crippen LogP contribution in [0.3, 0.4) is 0 Å². The van der Waals surface area contributed by atoms with Crippen LogP contribution in [0, 0.1) is 0 Å². The van der Waals surface area contributed by atoms with Gasteiger partial charge in [-0.1, -0.05) is 26.2 Å². The molecule has 0 heterocycles. The van der Waals surface area contributed by atoms with E-state index in [1.54, 1.807) is 0 Å². The molecule has 0 spiro atoms. The van der Waals surface area contributed by atoms with E-state index in [-0.39, 0.29) is 5.75 Å². The van der Waals surface area contributed by atoms with Gasteiger partial charge in [0.2, 0.25) is 0 Å². The van der Waals surface area contributed by atoms with Gasteiger partial charge in [0.1, 0.15) is 0 Å². The summed E-state index contributed by atoms with van der Waals surface area (Å²) in [6, 6.07) is 0. The Morgan fingerprint density at radius 2 is 1.83 bits per heavy atom. The molecule has 0 saturated heterocycles. The van der Waals surface area contributed by atoms with Gasteiger partial charge in [-0.05, 0) is 25.5 Å². The molecule has 0 aromatic heterocycles. The SMILES string of the molecule is CCCS(=O)(=O)CCNCC1(SC)CCCCC1. The molecule has 1 N–H and O–H groups in total. The van der Waals surface area contributed by atoms with Crippen molar-refractivity contribution in [2.75, 3.05) is 30.9 Å². The van der Waals surface area contributed by atoms with E-state index in [0.717, 1.165) is 13.0 Å². The molecule has 1 aliphatic carbocycles. The first-order valence-corrected chi connectivity index (χ1v) is 10.0. The largest absolute Gasteiger partial charge is 0.314 e. The minimum Gasteiger partial charge on any atom is -0.314 e. The van der Waals surface area contributed by atoms with Crippen molar-refractivity contribution in [3.63, 3.8) is 0 Å². The molecule has 108 valence electrons. The summed E-state index contributed by atoms with van der Waals surface area (Å²) in [7, 11) is -2.83. The van der Waals surface area contributed by atoms with Crippen molar-refractivity contribution in [3.05, 3.63) is 0 Å². The number of nitrogens with one attached hydrogen (secondary N) is 1. The Balaban J connectivity index is 2.27. The fourth-order valence-electron chi connectivity index (χ4n) is 2.61. The monoisotopic (exact) mass is 293 g/mol. The highest BCUT2D eigenvalue weighted by Crippen LogP contribution is 2.37. The maximum absolute atomic E-state index is 11.6. The summed E-state index contributed by atoms with van der Waals surface area (Å²) in [4.78, 5) is 0. The van der Waals surface area contributed by atoms with Crippen molar-refractivity contribution < 1.29 is 8.42 Å². The summed E-state index contributed by atoms with van der Waals surface area (Å²) in [5.41, 5.74) is 0. The minimum atomic E-state index is -2.83. The molecule has 1 fully saturated rings. The standard InChI is InChI=1S/C13H27NO2S2/c1-3-10-18(15,16)11-9-14-12-13(17-2)7-5-4-6-8-13/h14H,3-12H2,1-2H3. The summed E-state index contributed by atoms with van der Waals surface area (Å²) in [6.45, 7) is 3.47. The summed E-state index contributed by atoms with van der Waals surface area (Å²) in [6.07, 6.45) is 9.42. The molecule has 0 atom stereocenters. The van der Waals surface area contributed by atoms with Gasteiger partial charge in [0, 0.05) is 23.6 Å². The number of hydrogen-bond donors (Lipinski definition) is 1. The molecule has 0 aliphatic heterocycles. The van der Waals surface area contributed by atoms with E-state index in [1.165, 1.54) is 32.1 Å². The van der Waals surface area contributed by atoms with E-state index in [4.69, 9.17) is 0 Å². The first kappa shape index (κ1) is 16.3. The van der Waals surface area contributed by atoms with Crippen molar-refractivity contribution in [3.8, 4) is 0 Å². The zero-order chi connectivity index (χ0) is 13.5. The third-order valence-corrected chi connectivity index (χ3v) is 7.02. The van der Waals surface area contributed by atoms with Crippen LogP contribution in [0.25, 0.3) is 0 Å². The molecule has 0 radical (unpaired) electrons. The highest BCUT2D eigenvalue weighted by Gasteiger charge is 2.30. The maximum atomic E-state index is 11.6. The van der Waals surface area contributed by atoms with E-state index in [2.05, 4.69) is 11.6 Å². The van der Waals surface area contributed by atoms with Crippen molar-refractivity contribution in [2.45, 2.75) is 50.2 Å². The predicted molar refractivity (Wildman–Crippen MR) is 81.1 cm³/mol. The van der Waals surface area contributed by atoms with Crippen LogP contribution in [0.5, 0.6) is 0 Å². The van der Waals surface area contributed by atoms with Crippen LogP contribution >= 0.6 is 11.8 Å². The van der Waals surface area contributed by atoms with Crippen molar-refractivity contribution in [1.82, 2.24) is 5.32 Å². The highest BCUT2D eigenvalue weighted by atomic mass is 32.2. The quantitative estimate of drug-likeness (QED) is 0.698. The Labute approximate surface area is 116 Å². The van der Waals surface area contributed by atoms with Gasteiger partial charge in [0.25, 0.3) is 0 Å². The lowest BCUT2D eigenvalue weighted by Gasteiger charge is -2.36. The second-order valence-electron chi connectivity index (χ2n) is 5.28. The second-order valence-corrected chi connectivity index (χ2v) is 8.85. The fourth-order valence-corrected chi connectivity index (χ4v) is 4.83. The summed E-state index contributed by atoms with van der Waals surface area (Å²) in [5.74, 6) is 0.605. The normalized spacial score (nSPS) is 19.9. The lowest BCUT2D eigenvalue weighted by molar-refractivity contribution is 0.382. The molecule has 5 heteroatoms. The van der Waals surface area contributed by atoms with Gasteiger partial charge in [0.15, 0.2) is 9.84 Å². The van der Waals surface area contributed by atoms with Gasteiger partial charge >= 0.3 is 0 Å². The zero-order valence-electron chi connectivity index (χ0n) is 11.7. The van der Waals surface area contributed by atoms with Crippen LogP contribution in [0.1, 0.15) is 45.4 Å². The molecule has 0 aromatic rings. The number of hydrogen-bond acceptors (Lipinski definition) is 4. The first-order chi connectivity index (χ1) is 8.54. The minimum absolute atomic E-state index is 0.283. The third-order valence-electron chi connectivity index (χ3n) is 3.75. The average molecular weight is 293 g/mol. The van der Waals surface area contributed by atoms with Crippen LogP contribution < -0.4 is 5.32 Å². The van der Waals surface area contributed by atoms with E-state index in [9.17, 15) is 8.42 Å². The molecule has 1 rings (SSSR count). The molecule has 18 heavy (non-hydrogen) atoms. The number of thioether (sulfide) groups is 1. The Morgan fingerprint density at radius 1 is 1.17 bits per heavy atom.